The Labute approximate surface area is 171 Å². The van der Waals surface area contributed by atoms with Gasteiger partial charge in [0.1, 0.15) is 0 Å². The van der Waals surface area contributed by atoms with Gasteiger partial charge in [-0.05, 0) is 46.2 Å². The van der Waals surface area contributed by atoms with Gasteiger partial charge in [0.05, 0.1) is 0 Å². The van der Waals surface area contributed by atoms with Crippen LogP contribution >= 0.6 is 37.7 Å². The summed E-state index contributed by atoms with van der Waals surface area (Å²) in [4.78, 5) is 7.92. The summed E-state index contributed by atoms with van der Waals surface area (Å²) < 4.78 is 0. The average molecular weight is 607 g/mol. The first-order valence-electron chi connectivity index (χ1n) is 7.50. The van der Waals surface area contributed by atoms with Crippen LogP contribution in [0.4, 0.5) is 0 Å². The van der Waals surface area contributed by atoms with Crippen molar-refractivity contribution in [3.05, 3.63) is 60.2 Å². The normalized spacial score (nSPS) is 12.2. The second-order valence-electron chi connectivity index (χ2n) is 7.24. The van der Waals surface area contributed by atoms with Crippen molar-refractivity contribution in [2.45, 2.75) is 52.4 Å². The van der Waals surface area contributed by atoms with Gasteiger partial charge in [-0.3, -0.25) is 9.97 Å². The monoisotopic (exact) mass is 605 g/mol. The van der Waals surface area contributed by atoms with Gasteiger partial charge in [-0.25, -0.2) is 0 Å². The fourth-order valence-electron chi connectivity index (χ4n) is 1.70. The minimum atomic E-state index is -3.06. The molecule has 0 bridgehead atoms. The van der Waals surface area contributed by atoms with E-state index in [1.165, 1.54) is 11.1 Å². The molecule has 0 amide bonds. The molecule has 0 unspecified atom stereocenters. The molecule has 2 aromatic heterocycles. The topological polar surface area (TPSA) is 25.8 Å². The molecule has 25 heavy (non-hydrogen) atoms. The fourth-order valence-corrected chi connectivity index (χ4v) is 1.70. The van der Waals surface area contributed by atoms with Gasteiger partial charge >= 0.3 is 49.6 Å². The molecule has 2 rings (SSSR count). The predicted octanol–water partition coefficient (Wildman–Crippen LogP) is 7.51. The summed E-state index contributed by atoms with van der Waals surface area (Å²) in [6.07, 6.45) is 7.34. The molecule has 0 aliphatic carbocycles. The van der Waals surface area contributed by atoms with Crippen molar-refractivity contribution in [1.29, 1.82) is 0 Å². The van der Waals surface area contributed by atoms with Crippen LogP contribution in [0.25, 0.3) is 0 Å². The molecule has 0 aliphatic heterocycles. The van der Waals surface area contributed by atoms with Crippen molar-refractivity contribution in [3.8, 4) is 0 Å². The van der Waals surface area contributed by atoms with E-state index in [1.54, 1.807) is 0 Å². The van der Waals surface area contributed by atoms with Crippen molar-refractivity contribution in [2.24, 2.45) is 0 Å². The number of hydrogen-bond acceptors (Lipinski definition) is 2. The van der Waals surface area contributed by atoms with Crippen molar-refractivity contribution in [3.63, 3.8) is 0 Å². The van der Waals surface area contributed by atoms with E-state index in [0.717, 1.165) is 0 Å². The number of aromatic nitrogens is 2. The van der Waals surface area contributed by atoms with Crippen LogP contribution in [0, 0.1) is 0 Å². The molecule has 7 heteroatoms. The quantitative estimate of drug-likeness (QED) is 0.310. The predicted molar refractivity (Wildman–Crippen MR) is 109 cm³/mol. The second kappa shape index (κ2) is 11.1. The summed E-state index contributed by atoms with van der Waals surface area (Å²) in [5.74, 6) is 0. The maximum atomic E-state index is 5.01. The Kier molecular flexibility index (Phi) is 11.2. The van der Waals surface area contributed by atoms with Crippen molar-refractivity contribution >= 4 is 37.7 Å². The van der Waals surface area contributed by atoms with E-state index in [1.807, 2.05) is 24.8 Å². The Hall–Kier alpha value is 0.148. The molecule has 0 radical (unpaired) electrons. The number of hydrogen-bond donors (Lipinski definition) is 0. The molecule has 0 saturated heterocycles. The molecule has 2 heterocycles. The molecule has 146 valence electrons. The zero-order valence-corrected chi connectivity index (χ0v) is 20.6. The van der Waals surface area contributed by atoms with E-state index in [2.05, 4.69) is 75.8 Å². The average Bonchev–Trinajstić information content (AvgIpc) is 2.46. The van der Waals surface area contributed by atoms with Gasteiger partial charge in [0.2, 0.25) is 0 Å². The fraction of sp³-hybridized carbons (Fsp3) is 0.444. The maximum absolute atomic E-state index is 5.01. The molecule has 0 aliphatic rings. The summed E-state index contributed by atoms with van der Waals surface area (Å²) in [5.41, 5.74) is 3.18. The SMILES string of the molecule is CC(C)(C)c1ccncc1.CC(C)(C)c1ccncc1.[Cl][Pt]([Cl])([Cl])[Cl]. The van der Waals surface area contributed by atoms with Gasteiger partial charge in [-0.15, -0.1) is 0 Å². The molecular formula is C18H26Cl4N2Pt. The Bertz CT molecular complexity index is 533. The van der Waals surface area contributed by atoms with Gasteiger partial charge in [-0.2, -0.15) is 0 Å². The first-order chi connectivity index (χ1) is 11.2. The Balaban J connectivity index is 0.000000368. The van der Waals surface area contributed by atoms with Crippen molar-refractivity contribution in [1.82, 2.24) is 9.97 Å². The zero-order chi connectivity index (χ0) is 19.7. The first-order valence-corrected chi connectivity index (χ1v) is 18.8. The number of pyridine rings is 2. The molecule has 0 atom stereocenters. The van der Waals surface area contributed by atoms with E-state index in [-0.39, 0.29) is 10.8 Å². The molecule has 2 aromatic rings. The molecule has 0 fully saturated rings. The number of rotatable bonds is 0. The van der Waals surface area contributed by atoms with E-state index in [4.69, 9.17) is 37.7 Å². The summed E-state index contributed by atoms with van der Waals surface area (Å²) in [7, 11) is 20.0. The van der Waals surface area contributed by atoms with Crippen molar-refractivity contribution in [2.75, 3.05) is 0 Å². The van der Waals surface area contributed by atoms with E-state index >= 15 is 0 Å². The number of nitrogens with zero attached hydrogens (tertiary/aromatic N) is 2. The molecule has 0 aromatic carbocycles. The standard InChI is InChI=1S/2C9H13N.4ClH.Pt/c2*1-9(2,3)8-4-6-10-7-5-8;;;;;/h2*4-7H,1-3H3;4*1H;/q;;;;;;+4/p-4. The van der Waals surface area contributed by atoms with Crippen LogP contribution in [0.15, 0.2) is 49.1 Å². The van der Waals surface area contributed by atoms with Crippen LogP contribution in [0.5, 0.6) is 0 Å². The van der Waals surface area contributed by atoms with Crippen LogP contribution < -0.4 is 0 Å². The van der Waals surface area contributed by atoms with Gasteiger partial charge < -0.3 is 0 Å². The summed E-state index contributed by atoms with van der Waals surface area (Å²) >= 11 is -3.06. The van der Waals surface area contributed by atoms with Crippen LogP contribution in [0.2, 0.25) is 0 Å². The summed E-state index contributed by atoms with van der Waals surface area (Å²) in [5, 5.41) is 0. The van der Waals surface area contributed by atoms with Gasteiger partial charge in [0.25, 0.3) is 0 Å². The summed E-state index contributed by atoms with van der Waals surface area (Å²) in [6.45, 7) is 13.2. The Morgan fingerprint density at radius 2 is 0.800 bits per heavy atom. The van der Waals surface area contributed by atoms with Gasteiger partial charge in [0, 0.05) is 24.8 Å². The molecule has 0 spiro atoms. The van der Waals surface area contributed by atoms with Crippen LogP contribution in [0.1, 0.15) is 52.7 Å². The van der Waals surface area contributed by atoms with E-state index < -0.39 is 11.9 Å². The van der Waals surface area contributed by atoms with Crippen molar-refractivity contribution < 1.29 is 11.9 Å². The second-order valence-corrected chi connectivity index (χ2v) is 26.9. The molecule has 0 saturated carbocycles. The van der Waals surface area contributed by atoms with Crippen LogP contribution in [-0.4, -0.2) is 9.97 Å². The minimum absolute atomic E-state index is 0.253. The Morgan fingerprint density at radius 1 is 0.600 bits per heavy atom. The third-order valence-corrected chi connectivity index (χ3v) is 3.09. The third-order valence-electron chi connectivity index (χ3n) is 3.09. The van der Waals surface area contributed by atoms with E-state index in [9.17, 15) is 0 Å². The molecule has 2 nitrogen and oxygen atoms in total. The molecule has 0 N–H and O–H groups in total. The van der Waals surface area contributed by atoms with Gasteiger partial charge in [0.15, 0.2) is 0 Å². The number of halogens is 4. The van der Waals surface area contributed by atoms with Gasteiger partial charge in [-0.1, -0.05) is 41.5 Å². The van der Waals surface area contributed by atoms with E-state index in [0.29, 0.717) is 0 Å². The third kappa shape index (κ3) is 15.0. The summed E-state index contributed by atoms with van der Waals surface area (Å²) in [6, 6.07) is 8.22. The van der Waals surface area contributed by atoms with Crippen LogP contribution in [-0.2, 0) is 22.7 Å². The zero-order valence-electron chi connectivity index (χ0n) is 15.3. The molecular weight excluding hydrogens is 581 g/mol. The Morgan fingerprint density at radius 3 is 0.920 bits per heavy atom. The first kappa shape index (κ1) is 25.1. The van der Waals surface area contributed by atoms with Crippen LogP contribution in [0.3, 0.4) is 0 Å².